The molecule has 110 valence electrons. The highest BCUT2D eigenvalue weighted by Gasteiger charge is 2.26. The molecule has 1 unspecified atom stereocenters. The zero-order chi connectivity index (χ0) is 13.2. The minimum Gasteiger partial charge on any atom is -0.335 e. The summed E-state index contributed by atoms with van der Waals surface area (Å²) in [4.78, 5) is 0. The topological polar surface area (TPSA) is 30.9 Å². The van der Waals surface area contributed by atoms with Crippen LogP contribution >= 0.6 is 24.2 Å². The molecule has 2 aromatic rings. The zero-order valence-corrected chi connectivity index (χ0v) is 13.6. The van der Waals surface area contributed by atoms with E-state index in [0.717, 1.165) is 13.1 Å². The smallest absolute Gasteiger partial charge is 0.0795 e. The van der Waals surface area contributed by atoms with Gasteiger partial charge in [0.1, 0.15) is 0 Å². The van der Waals surface area contributed by atoms with Gasteiger partial charge in [-0.05, 0) is 31.0 Å². The number of rotatable bonds is 4. The van der Waals surface area contributed by atoms with E-state index in [4.69, 9.17) is 5.73 Å². The molecule has 2 heterocycles. The van der Waals surface area contributed by atoms with E-state index < -0.39 is 0 Å². The number of halogens is 1. The summed E-state index contributed by atoms with van der Waals surface area (Å²) in [7, 11) is 0. The summed E-state index contributed by atoms with van der Waals surface area (Å²) in [5.74, 6) is 1.75. The molecule has 2 N–H and O–H groups in total. The van der Waals surface area contributed by atoms with Crippen LogP contribution in [0.25, 0.3) is 10.9 Å². The number of hydrogen-bond acceptors (Lipinski definition) is 2. The Balaban J connectivity index is 0.00000147. The maximum atomic E-state index is 6.00. The lowest BCUT2D eigenvalue weighted by molar-refractivity contribution is 0.586. The second-order valence-electron chi connectivity index (χ2n) is 5.31. The molecule has 4 heteroatoms. The van der Waals surface area contributed by atoms with Crippen LogP contribution in [-0.4, -0.2) is 16.9 Å². The van der Waals surface area contributed by atoms with E-state index in [9.17, 15) is 0 Å². The number of aromatic nitrogens is 1. The number of nitrogens with two attached hydrogens (primary N) is 1. The maximum absolute atomic E-state index is 6.00. The van der Waals surface area contributed by atoms with Gasteiger partial charge >= 0.3 is 0 Å². The summed E-state index contributed by atoms with van der Waals surface area (Å²) in [5, 5.41) is 2.91. The van der Waals surface area contributed by atoms with E-state index in [1.54, 1.807) is 0 Å². The van der Waals surface area contributed by atoms with Crippen LogP contribution in [0.1, 0.15) is 37.7 Å². The number of aryl methyl sites for hydroxylation is 1. The number of fused-ring (bicyclic) bond motifs is 3. The fourth-order valence-electron chi connectivity index (χ4n) is 3.07. The highest BCUT2D eigenvalue weighted by Crippen LogP contribution is 2.43. The molecule has 1 aliphatic heterocycles. The van der Waals surface area contributed by atoms with Crippen molar-refractivity contribution in [2.45, 2.75) is 43.7 Å². The van der Waals surface area contributed by atoms with Crippen molar-refractivity contribution in [2.24, 2.45) is 5.73 Å². The molecular weight excluding hydrogens is 288 g/mol. The largest absolute Gasteiger partial charge is 0.335 e. The fourth-order valence-corrected chi connectivity index (χ4v) is 4.45. The highest BCUT2D eigenvalue weighted by atomic mass is 35.5. The molecule has 20 heavy (non-hydrogen) atoms. The van der Waals surface area contributed by atoms with Crippen LogP contribution in [0.4, 0.5) is 0 Å². The SMILES string of the molecule is CCCCn1c2c(c3ccccc31)C(CN)CCS2.Cl. The normalized spacial score (nSPS) is 17.8. The molecule has 1 aromatic carbocycles. The molecule has 0 saturated carbocycles. The monoisotopic (exact) mass is 310 g/mol. The zero-order valence-electron chi connectivity index (χ0n) is 12.0. The van der Waals surface area contributed by atoms with Gasteiger partial charge in [-0.3, -0.25) is 0 Å². The van der Waals surface area contributed by atoms with Gasteiger partial charge in [0.2, 0.25) is 0 Å². The van der Waals surface area contributed by atoms with Crippen LogP contribution < -0.4 is 5.73 Å². The van der Waals surface area contributed by atoms with Gasteiger partial charge in [0, 0.05) is 29.1 Å². The summed E-state index contributed by atoms with van der Waals surface area (Å²) in [6, 6.07) is 8.83. The Morgan fingerprint density at radius 2 is 2.15 bits per heavy atom. The number of unbranched alkanes of at least 4 members (excludes halogenated alkanes) is 1. The van der Waals surface area contributed by atoms with Gasteiger partial charge in [-0.1, -0.05) is 31.5 Å². The summed E-state index contributed by atoms with van der Waals surface area (Å²) in [6.45, 7) is 4.17. The summed E-state index contributed by atoms with van der Waals surface area (Å²) < 4.78 is 2.53. The first-order valence-corrected chi connectivity index (χ1v) is 8.29. The van der Waals surface area contributed by atoms with E-state index in [2.05, 4.69) is 35.8 Å². The molecule has 0 radical (unpaired) electrons. The van der Waals surface area contributed by atoms with Crippen molar-refractivity contribution >= 4 is 35.1 Å². The van der Waals surface area contributed by atoms with Crippen molar-refractivity contribution in [3.05, 3.63) is 29.8 Å². The number of para-hydroxylation sites is 1. The predicted octanol–water partition coefficient (Wildman–Crippen LogP) is 4.40. The number of nitrogens with zero attached hydrogens (tertiary/aromatic N) is 1. The third-order valence-electron chi connectivity index (χ3n) is 4.09. The van der Waals surface area contributed by atoms with Crippen molar-refractivity contribution < 1.29 is 0 Å². The molecule has 3 rings (SSSR count). The van der Waals surface area contributed by atoms with Crippen LogP contribution in [0.15, 0.2) is 29.3 Å². The van der Waals surface area contributed by atoms with Gasteiger partial charge in [-0.25, -0.2) is 0 Å². The molecule has 0 saturated heterocycles. The lowest BCUT2D eigenvalue weighted by atomic mass is 9.96. The lowest BCUT2D eigenvalue weighted by Gasteiger charge is -2.22. The molecule has 1 atom stereocenters. The molecule has 0 bridgehead atoms. The molecule has 1 aromatic heterocycles. The molecular formula is C16H23ClN2S. The Morgan fingerprint density at radius 3 is 2.90 bits per heavy atom. The van der Waals surface area contributed by atoms with E-state index in [1.165, 1.54) is 46.5 Å². The first-order valence-electron chi connectivity index (χ1n) is 7.30. The standard InChI is InChI=1S/C16H22N2S.ClH/c1-2-3-9-18-14-7-5-4-6-13(14)15-12(11-17)8-10-19-16(15)18;/h4-7,12H,2-3,8-11,17H2,1H3;1H. The highest BCUT2D eigenvalue weighted by molar-refractivity contribution is 7.99. The quantitative estimate of drug-likeness (QED) is 0.907. The second-order valence-corrected chi connectivity index (χ2v) is 6.39. The Hall–Kier alpha value is -0.640. The predicted molar refractivity (Wildman–Crippen MR) is 91.2 cm³/mol. The Bertz CT molecular complexity index is 579. The number of thioether (sulfide) groups is 1. The van der Waals surface area contributed by atoms with Gasteiger partial charge in [0.15, 0.2) is 0 Å². The third-order valence-corrected chi connectivity index (χ3v) is 5.25. The van der Waals surface area contributed by atoms with E-state index in [1.807, 2.05) is 11.8 Å². The molecule has 0 fully saturated rings. The minimum atomic E-state index is 0. The Morgan fingerprint density at radius 1 is 1.35 bits per heavy atom. The van der Waals surface area contributed by atoms with Crippen LogP contribution in [0, 0.1) is 0 Å². The second kappa shape index (κ2) is 6.88. The van der Waals surface area contributed by atoms with E-state index in [0.29, 0.717) is 5.92 Å². The van der Waals surface area contributed by atoms with Crippen LogP contribution in [0.2, 0.25) is 0 Å². The van der Waals surface area contributed by atoms with Crippen molar-refractivity contribution in [2.75, 3.05) is 12.3 Å². The van der Waals surface area contributed by atoms with E-state index in [-0.39, 0.29) is 12.4 Å². The van der Waals surface area contributed by atoms with Crippen molar-refractivity contribution in [1.82, 2.24) is 4.57 Å². The molecule has 0 aliphatic carbocycles. The molecule has 1 aliphatic rings. The van der Waals surface area contributed by atoms with Gasteiger partial charge in [0.05, 0.1) is 5.03 Å². The van der Waals surface area contributed by atoms with E-state index >= 15 is 0 Å². The van der Waals surface area contributed by atoms with Gasteiger partial charge in [-0.2, -0.15) is 0 Å². The summed E-state index contributed by atoms with van der Waals surface area (Å²) in [6.07, 6.45) is 3.71. The van der Waals surface area contributed by atoms with Gasteiger partial charge in [0.25, 0.3) is 0 Å². The fraction of sp³-hybridized carbons (Fsp3) is 0.500. The van der Waals surface area contributed by atoms with Gasteiger partial charge in [-0.15, -0.1) is 24.2 Å². The summed E-state index contributed by atoms with van der Waals surface area (Å²) in [5.41, 5.74) is 8.92. The van der Waals surface area contributed by atoms with Crippen molar-refractivity contribution in [3.63, 3.8) is 0 Å². The molecule has 0 amide bonds. The van der Waals surface area contributed by atoms with Gasteiger partial charge < -0.3 is 10.3 Å². The average Bonchev–Trinajstić information content (AvgIpc) is 2.79. The number of hydrogen-bond donors (Lipinski definition) is 1. The Labute approximate surface area is 131 Å². The Kier molecular flexibility index (Phi) is 5.42. The lowest BCUT2D eigenvalue weighted by Crippen LogP contribution is -2.17. The third kappa shape index (κ3) is 2.59. The van der Waals surface area contributed by atoms with Crippen LogP contribution in [-0.2, 0) is 6.54 Å². The van der Waals surface area contributed by atoms with Crippen molar-refractivity contribution in [1.29, 1.82) is 0 Å². The average molecular weight is 311 g/mol. The van der Waals surface area contributed by atoms with Crippen LogP contribution in [0.5, 0.6) is 0 Å². The molecule has 2 nitrogen and oxygen atoms in total. The van der Waals surface area contributed by atoms with Crippen LogP contribution in [0.3, 0.4) is 0 Å². The number of benzene rings is 1. The molecule has 0 spiro atoms. The first kappa shape index (κ1) is 15.7. The van der Waals surface area contributed by atoms with Crippen molar-refractivity contribution in [3.8, 4) is 0 Å². The summed E-state index contributed by atoms with van der Waals surface area (Å²) >= 11 is 2.02. The maximum Gasteiger partial charge on any atom is 0.0795 e. The first-order chi connectivity index (χ1) is 9.36. The minimum absolute atomic E-state index is 0.